The Balaban J connectivity index is 1.29. The Morgan fingerprint density at radius 1 is 0.341 bits per heavy atom. The molecule has 0 aliphatic rings. The lowest BCUT2D eigenvalue weighted by Crippen LogP contribution is -2.09. The van der Waals surface area contributed by atoms with Crippen LogP contribution in [-0.2, 0) is 0 Å². The Bertz CT molecular complexity index is 1900. The molecule has 0 saturated carbocycles. The van der Waals surface area contributed by atoms with Crippen molar-refractivity contribution in [2.75, 3.05) is 4.90 Å². The van der Waals surface area contributed by atoms with E-state index in [0.717, 1.165) is 49.4 Å². The molecule has 44 heavy (non-hydrogen) atoms. The molecular weight excluding hydrogens is 604 g/mol. The number of hydrogen-bond acceptors (Lipinski definition) is 4. The summed E-state index contributed by atoms with van der Waals surface area (Å²) in [5.74, 6) is 1.90. The number of benzene rings is 6. The minimum atomic E-state index is 0.621. The molecular formula is C39H27BrN4. The Hall–Kier alpha value is -5.39. The molecule has 0 bridgehead atoms. The van der Waals surface area contributed by atoms with Crippen molar-refractivity contribution in [1.29, 1.82) is 0 Å². The number of rotatable bonds is 7. The lowest BCUT2D eigenvalue weighted by atomic mass is 10.0. The number of halogens is 1. The Labute approximate surface area is 265 Å². The van der Waals surface area contributed by atoms with Gasteiger partial charge in [-0.1, -0.05) is 125 Å². The summed E-state index contributed by atoms with van der Waals surface area (Å²) in [7, 11) is 0. The number of anilines is 3. The monoisotopic (exact) mass is 630 g/mol. The molecule has 0 amide bonds. The van der Waals surface area contributed by atoms with Crippen molar-refractivity contribution in [3.8, 4) is 45.3 Å². The molecule has 1 aromatic heterocycles. The summed E-state index contributed by atoms with van der Waals surface area (Å²) >= 11 is 3.75. The zero-order chi connectivity index (χ0) is 29.7. The zero-order valence-electron chi connectivity index (χ0n) is 23.8. The minimum absolute atomic E-state index is 0.621. The van der Waals surface area contributed by atoms with Crippen molar-refractivity contribution in [1.82, 2.24) is 15.0 Å². The van der Waals surface area contributed by atoms with Gasteiger partial charge in [0.15, 0.2) is 17.5 Å². The summed E-state index contributed by atoms with van der Waals surface area (Å²) < 4.78 is 0.951. The van der Waals surface area contributed by atoms with Crippen molar-refractivity contribution in [2.45, 2.75) is 0 Å². The largest absolute Gasteiger partial charge is 0.311 e. The fourth-order valence-electron chi connectivity index (χ4n) is 5.23. The maximum Gasteiger partial charge on any atom is 0.164 e. The van der Waals surface area contributed by atoms with Gasteiger partial charge in [0.2, 0.25) is 0 Å². The van der Waals surface area contributed by atoms with Crippen LogP contribution in [0.2, 0.25) is 0 Å². The van der Waals surface area contributed by atoms with Gasteiger partial charge in [-0.15, -0.1) is 0 Å². The second-order valence-electron chi connectivity index (χ2n) is 10.3. The molecule has 0 aliphatic heterocycles. The summed E-state index contributed by atoms with van der Waals surface area (Å²) in [5.41, 5.74) is 8.25. The third-order valence-corrected chi connectivity index (χ3v) is 7.80. The molecule has 1 heterocycles. The first-order chi connectivity index (χ1) is 21.7. The summed E-state index contributed by atoms with van der Waals surface area (Å²) in [6, 6.07) is 55.9. The van der Waals surface area contributed by atoms with Gasteiger partial charge < -0.3 is 4.90 Å². The average Bonchev–Trinajstić information content (AvgIpc) is 3.10. The van der Waals surface area contributed by atoms with Crippen molar-refractivity contribution in [2.24, 2.45) is 0 Å². The average molecular weight is 632 g/mol. The molecule has 0 saturated heterocycles. The lowest BCUT2D eigenvalue weighted by Gasteiger charge is -2.25. The SMILES string of the molecule is Brc1cc(-c2ccc(N(c3ccccc3)c3ccccc3)cc2)cc(-c2nc(-c3ccccc3)nc(-c3ccccc3)n2)c1. The van der Waals surface area contributed by atoms with Gasteiger partial charge in [0.05, 0.1) is 0 Å². The molecule has 0 spiro atoms. The number of aromatic nitrogens is 3. The van der Waals surface area contributed by atoms with E-state index in [1.54, 1.807) is 0 Å². The lowest BCUT2D eigenvalue weighted by molar-refractivity contribution is 1.07. The predicted molar refractivity (Wildman–Crippen MR) is 184 cm³/mol. The highest BCUT2D eigenvalue weighted by molar-refractivity contribution is 9.10. The maximum absolute atomic E-state index is 4.93. The van der Waals surface area contributed by atoms with E-state index in [1.807, 2.05) is 72.8 Å². The van der Waals surface area contributed by atoms with E-state index in [0.29, 0.717) is 17.5 Å². The first-order valence-electron chi connectivity index (χ1n) is 14.4. The first-order valence-corrected chi connectivity index (χ1v) is 15.2. The molecule has 0 N–H and O–H groups in total. The number of hydrogen-bond donors (Lipinski definition) is 0. The molecule has 210 valence electrons. The molecule has 0 radical (unpaired) electrons. The van der Waals surface area contributed by atoms with E-state index >= 15 is 0 Å². The first kappa shape index (κ1) is 27.4. The summed E-state index contributed by atoms with van der Waals surface area (Å²) in [6.07, 6.45) is 0. The van der Waals surface area contributed by atoms with Gasteiger partial charge in [-0.3, -0.25) is 0 Å². The van der Waals surface area contributed by atoms with Gasteiger partial charge in [0.1, 0.15) is 0 Å². The van der Waals surface area contributed by atoms with Gasteiger partial charge in [-0.2, -0.15) is 0 Å². The van der Waals surface area contributed by atoms with Crippen molar-refractivity contribution >= 4 is 33.0 Å². The van der Waals surface area contributed by atoms with Gasteiger partial charge in [0.25, 0.3) is 0 Å². The summed E-state index contributed by atoms with van der Waals surface area (Å²) in [6.45, 7) is 0. The van der Waals surface area contributed by atoms with Crippen LogP contribution in [0.1, 0.15) is 0 Å². The van der Waals surface area contributed by atoms with Crippen LogP contribution in [0.3, 0.4) is 0 Å². The van der Waals surface area contributed by atoms with Crippen molar-refractivity contribution in [3.05, 3.63) is 168 Å². The molecule has 5 heteroatoms. The predicted octanol–water partition coefficient (Wildman–Crippen LogP) is 10.8. The van der Waals surface area contributed by atoms with Crippen LogP contribution in [0.15, 0.2) is 168 Å². The van der Waals surface area contributed by atoms with Crippen molar-refractivity contribution in [3.63, 3.8) is 0 Å². The highest BCUT2D eigenvalue weighted by atomic mass is 79.9. The number of para-hydroxylation sites is 2. The molecule has 0 fully saturated rings. The van der Waals surface area contributed by atoms with Gasteiger partial charge in [0, 0.05) is 38.2 Å². The molecule has 0 unspecified atom stereocenters. The van der Waals surface area contributed by atoms with Crippen LogP contribution < -0.4 is 4.90 Å². The highest BCUT2D eigenvalue weighted by Crippen LogP contribution is 2.36. The van der Waals surface area contributed by atoms with Crippen molar-refractivity contribution < 1.29 is 0 Å². The van der Waals surface area contributed by atoms with E-state index in [4.69, 9.17) is 15.0 Å². The molecule has 7 aromatic rings. The van der Waals surface area contributed by atoms with E-state index < -0.39 is 0 Å². The smallest absolute Gasteiger partial charge is 0.164 e. The van der Waals surface area contributed by atoms with Gasteiger partial charge >= 0.3 is 0 Å². The third kappa shape index (κ3) is 5.91. The van der Waals surface area contributed by atoms with Crippen LogP contribution in [0.5, 0.6) is 0 Å². The maximum atomic E-state index is 4.93. The molecule has 4 nitrogen and oxygen atoms in total. The molecule has 6 aromatic carbocycles. The topological polar surface area (TPSA) is 41.9 Å². The summed E-state index contributed by atoms with van der Waals surface area (Å²) in [4.78, 5) is 17.0. The van der Waals surface area contributed by atoms with Crippen LogP contribution in [0.4, 0.5) is 17.1 Å². The summed E-state index contributed by atoms with van der Waals surface area (Å²) in [5, 5.41) is 0. The van der Waals surface area contributed by atoms with Crippen LogP contribution in [-0.4, -0.2) is 15.0 Å². The van der Waals surface area contributed by atoms with E-state index in [2.05, 4.69) is 112 Å². The Kier molecular flexibility index (Phi) is 7.77. The molecule has 0 aliphatic carbocycles. The number of nitrogens with zero attached hydrogens (tertiary/aromatic N) is 4. The zero-order valence-corrected chi connectivity index (χ0v) is 25.3. The van der Waals surface area contributed by atoms with Gasteiger partial charge in [-0.25, -0.2) is 15.0 Å². The standard InChI is InChI=1S/C39H27BrN4/c40-33-26-31(28-21-23-36(24-22-28)44(34-17-9-3-10-18-34)35-19-11-4-12-20-35)25-32(27-33)39-42-37(29-13-5-1-6-14-29)41-38(43-39)30-15-7-2-8-16-30/h1-27H. The fraction of sp³-hybridized carbons (Fsp3) is 0. The van der Waals surface area contributed by atoms with Crippen LogP contribution >= 0.6 is 15.9 Å². The van der Waals surface area contributed by atoms with E-state index in [9.17, 15) is 0 Å². The minimum Gasteiger partial charge on any atom is -0.311 e. The van der Waals surface area contributed by atoms with E-state index in [1.165, 1.54) is 0 Å². The Morgan fingerprint density at radius 2 is 0.727 bits per heavy atom. The van der Waals surface area contributed by atoms with Crippen LogP contribution in [0, 0.1) is 0 Å². The highest BCUT2D eigenvalue weighted by Gasteiger charge is 2.15. The third-order valence-electron chi connectivity index (χ3n) is 7.34. The second-order valence-corrected chi connectivity index (χ2v) is 11.2. The molecule has 7 rings (SSSR count). The van der Waals surface area contributed by atoms with Gasteiger partial charge in [-0.05, 0) is 65.7 Å². The fourth-order valence-corrected chi connectivity index (χ4v) is 5.72. The quantitative estimate of drug-likeness (QED) is 0.176. The van der Waals surface area contributed by atoms with E-state index in [-0.39, 0.29) is 0 Å². The molecule has 0 atom stereocenters. The second kappa shape index (κ2) is 12.5. The Morgan fingerprint density at radius 3 is 1.20 bits per heavy atom. The van der Waals surface area contributed by atoms with Crippen LogP contribution in [0.25, 0.3) is 45.3 Å². The normalized spacial score (nSPS) is 10.8.